The fraction of sp³-hybridized carbons (Fsp3) is 0.909. The monoisotopic (exact) mass is 320 g/mol. The first-order chi connectivity index (χ1) is 11.4. The third-order valence-electron chi connectivity index (χ3n) is 5.21. The van der Waals surface area contributed by atoms with Crippen molar-refractivity contribution in [2.45, 2.75) is 110 Å². The van der Waals surface area contributed by atoms with Crippen LogP contribution in [0.2, 0.25) is 0 Å². The first-order valence-corrected chi connectivity index (χ1v) is 10.4. The van der Waals surface area contributed by atoms with Gasteiger partial charge in [-0.05, 0) is 31.1 Å². The van der Waals surface area contributed by atoms with Crippen molar-refractivity contribution >= 4 is 0 Å². The van der Waals surface area contributed by atoms with E-state index in [0.717, 1.165) is 31.1 Å². The first kappa shape index (κ1) is 20.6. The van der Waals surface area contributed by atoms with Gasteiger partial charge in [0.2, 0.25) is 0 Å². The van der Waals surface area contributed by atoms with Crippen molar-refractivity contribution < 1.29 is 5.11 Å². The number of hydrogen-bond donors (Lipinski definition) is 1. The summed E-state index contributed by atoms with van der Waals surface area (Å²) in [6.07, 6.45) is 21.4. The summed E-state index contributed by atoms with van der Waals surface area (Å²) in [6.45, 7) is 2.56. The van der Waals surface area contributed by atoms with Crippen LogP contribution in [0.3, 0.4) is 0 Å². The third kappa shape index (κ3) is 12.6. The van der Waals surface area contributed by atoms with Crippen LogP contribution in [0.25, 0.3) is 0 Å². The number of aliphatic hydroxyl groups is 1. The van der Waals surface area contributed by atoms with E-state index in [1.54, 1.807) is 0 Å². The minimum absolute atomic E-state index is 0.274. The van der Waals surface area contributed by atoms with Crippen molar-refractivity contribution in [1.82, 2.24) is 0 Å². The molecule has 1 heteroatoms. The second-order valence-electron chi connectivity index (χ2n) is 7.45. The second kappa shape index (κ2) is 15.1. The normalized spacial score (nSPS) is 19.4. The molecule has 0 bridgehead atoms. The minimum atomic E-state index is 0.274. The molecule has 23 heavy (non-hydrogen) atoms. The molecule has 0 unspecified atom stereocenters. The number of unbranched alkanes of at least 4 members (excludes halogenated alkanes) is 10. The molecule has 0 spiro atoms. The van der Waals surface area contributed by atoms with Crippen molar-refractivity contribution in [3.63, 3.8) is 0 Å². The highest BCUT2D eigenvalue weighted by Crippen LogP contribution is 2.45. The SMILES string of the molecule is CCCCCCCCCC[C@H]1C[C@H]1CCCCC#CCCCO. The van der Waals surface area contributed by atoms with Crippen LogP contribution in [0.4, 0.5) is 0 Å². The zero-order valence-electron chi connectivity index (χ0n) is 15.6. The van der Waals surface area contributed by atoms with Gasteiger partial charge in [-0.15, -0.1) is 11.8 Å². The summed E-state index contributed by atoms with van der Waals surface area (Å²) in [4.78, 5) is 0. The molecule has 1 N–H and O–H groups in total. The van der Waals surface area contributed by atoms with E-state index in [0.29, 0.717) is 0 Å². The fourth-order valence-corrected chi connectivity index (χ4v) is 3.52. The molecule has 1 saturated carbocycles. The summed E-state index contributed by atoms with van der Waals surface area (Å²) in [5, 5.41) is 8.67. The second-order valence-corrected chi connectivity index (χ2v) is 7.45. The molecule has 0 radical (unpaired) electrons. The van der Waals surface area contributed by atoms with Gasteiger partial charge in [0, 0.05) is 19.4 Å². The topological polar surface area (TPSA) is 20.2 Å². The molecule has 0 amide bonds. The van der Waals surface area contributed by atoms with E-state index < -0.39 is 0 Å². The Balaban J connectivity index is 1.78. The molecule has 2 atom stereocenters. The smallest absolute Gasteiger partial charge is 0.0440 e. The molecule has 0 aromatic rings. The predicted octanol–water partition coefficient (Wildman–Crippen LogP) is 6.49. The highest BCUT2D eigenvalue weighted by molar-refractivity contribution is 4.98. The summed E-state index contributed by atoms with van der Waals surface area (Å²) in [5.41, 5.74) is 0. The molecule has 0 aromatic heterocycles. The average molecular weight is 321 g/mol. The molecule has 1 fully saturated rings. The lowest BCUT2D eigenvalue weighted by molar-refractivity contribution is 0.290. The van der Waals surface area contributed by atoms with Gasteiger partial charge in [0.05, 0.1) is 0 Å². The van der Waals surface area contributed by atoms with Crippen molar-refractivity contribution in [2.75, 3.05) is 6.61 Å². The van der Waals surface area contributed by atoms with Crippen LogP contribution in [0.5, 0.6) is 0 Å². The molecule has 0 aromatic carbocycles. The lowest BCUT2D eigenvalue weighted by Gasteiger charge is -2.02. The van der Waals surface area contributed by atoms with E-state index in [1.807, 2.05) is 0 Å². The Bertz CT molecular complexity index is 312. The van der Waals surface area contributed by atoms with Gasteiger partial charge in [-0.1, -0.05) is 77.6 Å². The van der Waals surface area contributed by atoms with Crippen molar-refractivity contribution in [3.05, 3.63) is 0 Å². The molecule has 1 rings (SSSR count). The largest absolute Gasteiger partial charge is 0.396 e. The van der Waals surface area contributed by atoms with Crippen LogP contribution < -0.4 is 0 Å². The maximum atomic E-state index is 8.67. The van der Waals surface area contributed by atoms with Gasteiger partial charge in [0.1, 0.15) is 0 Å². The van der Waals surface area contributed by atoms with E-state index in [9.17, 15) is 0 Å². The number of aliphatic hydroxyl groups excluding tert-OH is 1. The number of hydrogen-bond acceptors (Lipinski definition) is 1. The van der Waals surface area contributed by atoms with E-state index in [-0.39, 0.29) is 6.61 Å². The van der Waals surface area contributed by atoms with E-state index in [2.05, 4.69) is 18.8 Å². The van der Waals surface area contributed by atoms with Crippen LogP contribution in [0.15, 0.2) is 0 Å². The molecule has 1 aliphatic rings. The third-order valence-corrected chi connectivity index (χ3v) is 5.21. The Kier molecular flexibility index (Phi) is 13.5. The lowest BCUT2D eigenvalue weighted by Crippen LogP contribution is -1.86. The molecule has 0 heterocycles. The fourth-order valence-electron chi connectivity index (χ4n) is 3.52. The average Bonchev–Trinajstić information content (AvgIpc) is 3.31. The Morgan fingerprint density at radius 2 is 1.22 bits per heavy atom. The molecular formula is C22H40O. The summed E-state index contributed by atoms with van der Waals surface area (Å²) in [7, 11) is 0. The van der Waals surface area contributed by atoms with Gasteiger partial charge >= 0.3 is 0 Å². The van der Waals surface area contributed by atoms with Crippen LogP contribution >= 0.6 is 0 Å². The Hall–Kier alpha value is -0.480. The highest BCUT2D eigenvalue weighted by Gasteiger charge is 2.34. The van der Waals surface area contributed by atoms with Gasteiger partial charge in [0.25, 0.3) is 0 Å². The van der Waals surface area contributed by atoms with Crippen LogP contribution in [0, 0.1) is 23.7 Å². The van der Waals surface area contributed by atoms with Crippen LogP contribution in [-0.4, -0.2) is 11.7 Å². The predicted molar refractivity (Wildman–Crippen MR) is 101 cm³/mol. The van der Waals surface area contributed by atoms with Crippen molar-refractivity contribution in [2.24, 2.45) is 11.8 Å². The van der Waals surface area contributed by atoms with E-state index in [1.165, 1.54) is 83.5 Å². The van der Waals surface area contributed by atoms with E-state index in [4.69, 9.17) is 5.11 Å². The molecular weight excluding hydrogens is 280 g/mol. The summed E-state index contributed by atoms with van der Waals surface area (Å²) < 4.78 is 0. The summed E-state index contributed by atoms with van der Waals surface area (Å²) >= 11 is 0. The van der Waals surface area contributed by atoms with Gasteiger partial charge in [-0.25, -0.2) is 0 Å². The molecule has 1 aliphatic carbocycles. The lowest BCUT2D eigenvalue weighted by atomic mass is 10.0. The summed E-state index contributed by atoms with van der Waals surface area (Å²) in [5.74, 6) is 8.51. The van der Waals surface area contributed by atoms with Gasteiger partial charge < -0.3 is 5.11 Å². The van der Waals surface area contributed by atoms with Gasteiger partial charge in [-0.2, -0.15) is 0 Å². The summed E-state index contributed by atoms with van der Waals surface area (Å²) in [6, 6.07) is 0. The van der Waals surface area contributed by atoms with Gasteiger partial charge in [0.15, 0.2) is 0 Å². The van der Waals surface area contributed by atoms with Crippen molar-refractivity contribution in [1.29, 1.82) is 0 Å². The first-order valence-electron chi connectivity index (χ1n) is 10.4. The Morgan fingerprint density at radius 3 is 1.83 bits per heavy atom. The van der Waals surface area contributed by atoms with Gasteiger partial charge in [-0.3, -0.25) is 0 Å². The number of rotatable bonds is 15. The minimum Gasteiger partial charge on any atom is -0.396 e. The van der Waals surface area contributed by atoms with Crippen molar-refractivity contribution in [3.8, 4) is 11.8 Å². The van der Waals surface area contributed by atoms with Crippen LogP contribution in [0.1, 0.15) is 110 Å². The maximum absolute atomic E-state index is 8.67. The maximum Gasteiger partial charge on any atom is 0.0440 e. The highest BCUT2D eigenvalue weighted by atomic mass is 16.2. The Labute approximate surface area is 145 Å². The standard InChI is InChI=1S/C22H40O/c1-2-3-4-5-6-8-11-14-17-21-20-22(21)18-15-12-9-7-10-13-16-19-23/h21-23H,2-6,8-9,11-20H2,1H3/t21-,22+/m0/s1. The van der Waals surface area contributed by atoms with Crippen LogP contribution in [-0.2, 0) is 0 Å². The molecule has 0 saturated heterocycles. The van der Waals surface area contributed by atoms with E-state index >= 15 is 0 Å². The Morgan fingerprint density at radius 1 is 0.696 bits per heavy atom. The zero-order chi connectivity index (χ0) is 16.6. The quantitative estimate of drug-likeness (QED) is 0.270. The molecule has 0 aliphatic heterocycles. The molecule has 134 valence electrons. The zero-order valence-corrected chi connectivity index (χ0v) is 15.6. The molecule has 1 nitrogen and oxygen atoms in total.